The van der Waals surface area contributed by atoms with Gasteiger partial charge in [-0.3, -0.25) is 0 Å². The van der Waals surface area contributed by atoms with Crippen molar-refractivity contribution in [3.05, 3.63) is 0 Å². The molecule has 0 radical (unpaired) electrons. The van der Waals surface area contributed by atoms with E-state index in [9.17, 15) is 0 Å². The van der Waals surface area contributed by atoms with Crippen molar-refractivity contribution in [3.8, 4) is 0 Å². The first-order chi connectivity index (χ1) is 10.6. The third-order valence-electron chi connectivity index (χ3n) is 4.62. The number of halogens is 1. The Balaban J connectivity index is 3.00. The van der Waals surface area contributed by atoms with Crippen LogP contribution in [-0.2, 0) is 0 Å². The zero-order valence-electron chi connectivity index (χ0n) is 15.9. The first kappa shape index (κ1) is 22.9. The third kappa shape index (κ3) is 20.9. The van der Waals surface area contributed by atoms with Crippen LogP contribution in [0.2, 0.25) is 19.1 Å². The number of hydrogen-bond acceptors (Lipinski definition) is 0. The third-order valence-corrected chi connectivity index (χ3v) is 7.79. The molecule has 0 rings (SSSR count). The van der Waals surface area contributed by atoms with Crippen molar-refractivity contribution in [2.75, 3.05) is 0 Å². The average Bonchev–Trinajstić information content (AvgIpc) is 2.45. The standard InChI is InChI=1S/C20H43ISi/c1-4-5-6-7-8-9-10-11-12-13-14-15-16-17-18-19-20-22(2,3)21/h4-20H2,1-3H3. The quantitative estimate of drug-likeness (QED) is 0.0920. The molecule has 0 aliphatic rings. The monoisotopic (exact) mass is 438 g/mol. The van der Waals surface area contributed by atoms with Crippen LogP contribution < -0.4 is 0 Å². The van der Waals surface area contributed by atoms with Crippen molar-refractivity contribution in [1.29, 1.82) is 0 Å². The molecule has 0 spiro atoms. The van der Waals surface area contributed by atoms with E-state index in [1.807, 2.05) is 0 Å². The van der Waals surface area contributed by atoms with E-state index < -0.39 is 5.57 Å². The van der Waals surface area contributed by atoms with Gasteiger partial charge < -0.3 is 0 Å². The van der Waals surface area contributed by atoms with E-state index >= 15 is 0 Å². The Morgan fingerprint density at radius 1 is 0.500 bits per heavy atom. The van der Waals surface area contributed by atoms with Gasteiger partial charge >= 0.3 is 0 Å². The van der Waals surface area contributed by atoms with E-state index in [2.05, 4.69) is 41.8 Å². The van der Waals surface area contributed by atoms with Gasteiger partial charge in [0.2, 0.25) is 0 Å². The molecule has 0 heterocycles. The lowest BCUT2D eigenvalue weighted by Gasteiger charge is -2.12. The maximum atomic E-state index is 2.72. The van der Waals surface area contributed by atoms with Crippen molar-refractivity contribution in [2.45, 2.75) is 129 Å². The van der Waals surface area contributed by atoms with E-state index in [-0.39, 0.29) is 0 Å². The zero-order chi connectivity index (χ0) is 16.5. The van der Waals surface area contributed by atoms with Crippen LogP contribution in [0.3, 0.4) is 0 Å². The Morgan fingerprint density at radius 2 is 0.773 bits per heavy atom. The van der Waals surface area contributed by atoms with Crippen molar-refractivity contribution in [1.82, 2.24) is 0 Å². The number of rotatable bonds is 17. The molecule has 0 N–H and O–H groups in total. The molecule has 0 aromatic carbocycles. The Labute approximate surface area is 155 Å². The fourth-order valence-corrected chi connectivity index (χ4v) is 5.33. The van der Waals surface area contributed by atoms with Gasteiger partial charge in [0.05, 0.1) is 0 Å². The van der Waals surface area contributed by atoms with Crippen LogP contribution in [0.5, 0.6) is 0 Å². The summed E-state index contributed by atoms with van der Waals surface area (Å²) in [4.78, 5) is 0. The fraction of sp³-hybridized carbons (Fsp3) is 1.00. The average molecular weight is 439 g/mol. The Hall–Kier alpha value is 0.947. The molecule has 2 heteroatoms. The van der Waals surface area contributed by atoms with Crippen LogP contribution in [0.4, 0.5) is 0 Å². The topological polar surface area (TPSA) is 0 Å². The highest BCUT2D eigenvalue weighted by Crippen LogP contribution is 2.22. The Bertz CT molecular complexity index is 210. The lowest BCUT2D eigenvalue weighted by molar-refractivity contribution is 0.531. The van der Waals surface area contributed by atoms with E-state index in [1.54, 1.807) is 0 Å². The van der Waals surface area contributed by atoms with Gasteiger partial charge in [0, 0.05) is 0 Å². The molecule has 0 bridgehead atoms. The number of hydrogen-bond donors (Lipinski definition) is 0. The van der Waals surface area contributed by atoms with Crippen LogP contribution >= 0.6 is 21.8 Å². The summed E-state index contributed by atoms with van der Waals surface area (Å²) in [5.74, 6) is 0. The molecule has 22 heavy (non-hydrogen) atoms. The molecule has 0 aromatic rings. The van der Waals surface area contributed by atoms with Gasteiger partial charge in [0.25, 0.3) is 0 Å². The Morgan fingerprint density at radius 3 is 1.05 bits per heavy atom. The van der Waals surface area contributed by atoms with E-state index in [1.165, 1.54) is 109 Å². The summed E-state index contributed by atoms with van der Waals surface area (Å²) in [6.07, 6.45) is 23.6. The Kier molecular flexibility index (Phi) is 17.5. The van der Waals surface area contributed by atoms with Gasteiger partial charge in [-0.1, -0.05) is 123 Å². The van der Waals surface area contributed by atoms with Gasteiger partial charge in [-0.25, -0.2) is 0 Å². The highest BCUT2D eigenvalue weighted by atomic mass is 127. The van der Waals surface area contributed by atoms with Gasteiger partial charge in [-0.15, -0.1) is 21.8 Å². The smallest absolute Gasteiger partial charge is 0.119 e. The van der Waals surface area contributed by atoms with Crippen molar-refractivity contribution in [2.24, 2.45) is 0 Å². The lowest BCUT2D eigenvalue weighted by Crippen LogP contribution is -2.13. The van der Waals surface area contributed by atoms with Gasteiger partial charge in [-0.05, 0) is 6.04 Å². The summed E-state index contributed by atoms with van der Waals surface area (Å²) in [7, 11) is 0. The SMILES string of the molecule is CCCCCCCCCCCCCCCCCC[Si](C)(C)I. The molecule has 0 nitrogen and oxygen atoms in total. The summed E-state index contributed by atoms with van der Waals surface area (Å²) in [6, 6.07) is 1.52. The largest absolute Gasteiger partial charge is 0.119 e. The first-order valence-electron chi connectivity index (χ1n) is 10.2. The molecule has 0 aliphatic heterocycles. The normalized spacial score (nSPS) is 12.0. The molecule has 0 amide bonds. The summed E-state index contributed by atoms with van der Waals surface area (Å²) >= 11 is 2.72. The summed E-state index contributed by atoms with van der Waals surface area (Å²) in [6.45, 7) is 7.27. The van der Waals surface area contributed by atoms with Crippen LogP contribution in [-0.4, -0.2) is 5.57 Å². The van der Waals surface area contributed by atoms with Crippen molar-refractivity contribution in [3.63, 3.8) is 0 Å². The lowest BCUT2D eigenvalue weighted by atomic mass is 10.0. The summed E-state index contributed by atoms with van der Waals surface area (Å²) in [5.41, 5.74) is -0.794. The molecule has 0 aromatic heterocycles. The second-order valence-electron chi connectivity index (χ2n) is 7.77. The number of unbranched alkanes of at least 4 members (excludes halogenated alkanes) is 15. The molecule has 0 aliphatic carbocycles. The molecule has 0 saturated carbocycles. The van der Waals surface area contributed by atoms with Gasteiger partial charge in [-0.2, -0.15) is 0 Å². The van der Waals surface area contributed by atoms with Crippen LogP contribution in [0.15, 0.2) is 0 Å². The zero-order valence-corrected chi connectivity index (χ0v) is 19.1. The predicted octanol–water partition coefficient (Wildman–Crippen LogP) is 8.89. The maximum absolute atomic E-state index is 2.72. The van der Waals surface area contributed by atoms with Crippen molar-refractivity contribution >= 4 is 27.4 Å². The van der Waals surface area contributed by atoms with Crippen LogP contribution in [0.1, 0.15) is 110 Å². The first-order valence-corrected chi connectivity index (χ1v) is 16.6. The molecule has 134 valence electrons. The highest BCUT2D eigenvalue weighted by molar-refractivity contribution is 14.1. The predicted molar refractivity (Wildman–Crippen MR) is 116 cm³/mol. The maximum Gasteiger partial charge on any atom is 0.119 e. The second kappa shape index (κ2) is 16.8. The van der Waals surface area contributed by atoms with Gasteiger partial charge in [0.1, 0.15) is 5.57 Å². The fourth-order valence-electron chi connectivity index (χ4n) is 3.09. The van der Waals surface area contributed by atoms with Crippen LogP contribution in [0.25, 0.3) is 0 Å². The van der Waals surface area contributed by atoms with E-state index in [0.717, 1.165) is 0 Å². The molecular formula is C20H43ISi. The summed E-state index contributed by atoms with van der Waals surface area (Å²) < 4.78 is 0. The molecule has 0 fully saturated rings. The minimum Gasteiger partial charge on any atom is -0.119 e. The second-order valence-corrected chi connectivity index (χ2v) is 20.5. The summed E-state index contributed by atoms with van der Waals surface area (Å²) in [5, 5.41) is 0. The van der Waals surface area contributed by atoms with E-state index in [4.69, 9.17) is 0 Å². The highest BCUT2D eigenvalue weighted by Gasteiger charge is 2.14. The van der Waals surface area contributed by atoms with E-state index in [0.29, 0.717) is 0 Å². The minimum absolute atomic E-state index is 0.794. The van der Waals surface area contributed by atoms with Gasteiger partial charge in [0.15, 0.2) is 0 Å². The molecular weight excluding hydrogens is 395 g/mol. The molecule has 0 saturated heterocycles. The molecule has 0 atom stereocenters. The van der Waals surface area contributed by atoms with Crippen LogP contribution in [0, 0.1) is 0 Å². The minimum atomic E-state index is -0.794. The molecule has 0 unspecified atom stereocenters. The van der Waals surface area contributed by atoms with Crippen molar-refractivity contribution < 1.29 is 0 Å².